The number of H-pyrrole nitrogens is 1. The average molecular weight is 329 g/mol. The Morgan fingerprint density at radius 2 is 2.17 bits per heavy atom. The van der Waals surface area contributed by atoms with Crippen LogP contribution in [0.3, 0.4) is 0 Å². The van der Waals surface area contributed by atoms with E-state index in [2.05, 4.69) is 14.9 Å². The van der Waals surface area contributed by atoms with Gasteiger partial charge in [0.25, 0.3) is 5.56 Å². The van der Waals surface area contributed by atoms with E-state index in [4.69, 9.17) is 9.47 Å². The fraction of sp³-hybridized carbons (Fsp3) is 0.444. The summed E-state index contributed by atoms with van der Waals surface area (Å²) in [6.07, 6.45) is 0.800. The maximum absolute atomic E-state index is 12.1. The Bertz CT molecular complexity index is 786. The topological polar surface area (TPSA) is 67.5 Å². The maximum Gasteiger partial charge on any atom is 0.255 e. The Kier molecular flexibility index (Phi) is 4.85. The molecule has 128 valence electrons. The third-order valence-electron chi connectivity index (χ3n) is 4.20. The van der Waals surface area contributed by atoms with Crippen molar-refractivity contribution in [3.05, 3.63) is 51.2 Å². The highest BCUT2D eigenvalue weighted by Gasteiger charge is 2.21. The van der Waals surface area contributed by atoms with Crippen LogP contribution < -0.4 is 15.0 Å². The molecule has 0 atom stereocenters. The molecule has 1 aromatic carbocycles. The van der Waals surface area contributed by atoms with Crippen molar-refractivity contribution < 1.29 is 9.47 Å². The van der Waals surface area contributed by atoms with Crippen molar-refractivity contribution >= 4 is 0 Å². The molecule has 1 aromatic heterocycles. The second-order valence-corrected chi connectivity index (χ2v) is 5.96. The molecule has 0 saturated heterocycles. The molecule has 2 heterocycles. The predicted molar refractivity (Wildman–Crippen MR) is 91.6 cm³/mol. The molecule has 0 fully saturated rings. The van der Waals surface area contributed by atoms with Crippen molar-refractivity contribution in [1.82, 2.24) is 14.9 Å². The molecule has 0 unspecified atom stereocenters. The molecule has 0 amide bonds. The number of rotatable bonds is 5. The molecule has 0 spiro atoms. The van der Waals surface area contributed by atoms with Crippen molar-refractivity contribution in [2.75, 3.05) is 20.3 Å². The minimum absolute atomic E-state index is 0.0218. The molecule has 0 saturated carbocycles. The zero-order chi connectivity index (χ0) is 17.1. The van der Waals surface area contributed by atoms with E-state index in [1.54, 1.807) is 7.11 Å². The molecule has 6 nitrogen and oxygen atoms in total. The van der Waals surface area contributed by atoms with Gasteiger partial charge in [0.15, 0.2) is 11.5 Å². The number of hydrogen-bond acceptors (Lipinski definition) is 5. The highest BCUT2D eigenvalue weighted by atomic mass is 16.5. The third-order valence-corrected chi connectivity index (χ3v) is 4.20. The van der Waals surface area contributed by atoms with Gasteiger partial charge in [0.2, 0.25) is 0 Å². The summed E-state index contributed by atoms with van der Waals surface area (Å²) in [5, 5.41) is 0. The number of ether oxygens (including phenoxy) is 2. The summed E-state index contributed by atoms with van der Waals surface area (Å²) in [6.45, 7) is 6.64. The molecule has 0 radical (unpaired) electrons. The fourth-order valence-electron chi connectivity index (χ4n) is 3.08. The normalized spacial score (nSPS) is 14.3. The minimum Gasteiger partial charge on any atom is -0.493 e. The van der Waals surface area contributed by atoms with Crippen LogP contribution >= 0.6 is 0 Å². The quantitative estimate of drug-likeness (QED) is 0.909. The first-order chi connectivity index (χ1) is 11.6. The number of nitrogens with one attached hydrogen (secondary N) is 1. The van der Waals surface area contributed by atoms with Crippen LogP contribution in [-0.4, -0.2) is 35.1 Å². The predicted octanol–water partition coefficient (Wildman–Crippen LogP) is 2.04. The third kappa shape index (κ3) is 3.43. The number of benzene rings is 1. The smallest absolute Gasteiger partial charge is 0.255 e. The molecule has 2 aromatic rings. The van der Waals surface area contributed by atoms with E-state index in [0.717, 1.165) is 47.8 Å². The van der Waals surface area contributed by atoms with E-state index in [1.165, 1.54) is 0 Å². The number of nitrogens with zero attached hydrogens (tertiary/aromatic N) is 2. The molecule has 24 heavy (non-hydrogen) atoms. The zero-order valence-corrected chi connectivity index (χ0v) is 14.4. The highest BCUT2D eigenvalue weighted by molar-refractivity contribution is 5.43. The lowest BCUT2D eigenvalue weighted by atomic mass is 10.1. The molecular formula is C18H23N3O3. The number of hydrogen-bond donors (Lipinski definition) is 1. The van der Waals surface area contributed by atoms with Crippen LogP contribution in [0.4, 0.5) is 0 Å². The lowest BCUT2D eigenvalue weighted by Gasteiger charge is -2.27. The van der Waals surface area contributed by atoms with Crippen LogP contribution in [0.15, 0.2) is 23.0 Å². The summed E-state index contributed by atoms with van der Waals surface area (Å²) in [5.74, 6) is 2.18. The first-order valence-corrected chi connectivity index (χ1v) is 8.21. The van der Waals surface area contributed by atoms with Gasteiger partial charge in [0, 0.05) is 26.1 Å². The molecule has 1 aliphatic rings. The van der Waals surface area contributed by atoms with E-state index in [0.29, 0.717) is 19.0 Å². The summed E-state index contributed by atoms with van der Waals surface area (Å²) in [4.78, 5) is 21.6. The van der Waals surface area contributed by atoms with Crippen LogP contribution in [0.1, 0.15) is 29.6 Å². The molecule has 0 bridgehead atoms. The average Bonchev–Trinajstić information content (AvgIpc) is 2.57. The molecule has 1 N–H and O–H groups in total. The fourth-order valence-corrected chi connectivity index (χ4v) is 3.08. The molecule has 3 rings (SSSR count). The van der Waals surface area contributed by atoms with Gasteiger partial charge in [0.1, 0.15) is 5.82 Å². The van der Waals surface area contributed by atoms with E-state index < -0.39 is 0 Å². The Morgan fingerprint density at radius 1 is 1.33 bits per heavy atom. The Morgan fingerprint density at radius 3 is 2.92 bits per heavy atom. The van der Waals surface area contributed by atoms with Crippen LogP contribution in [0.5, 0.6) is 11.5 Å². The van der Waals surface area contributed by atoms with Crippen LogP contribution in [0.25, 0.3) is 0 Å². The van der Waals surface area contributed by atoms with Gasteiger partial charge in [-0.05, 0) is 31.5 Å². The van der Waals surface area contributed by atoms with Gasteiger partial charge in [-0.1, -0.05) is 6.07 Å². The zero-order valence-electron chi connectivity index (χ0n) is 14.4. The van der Waals surface area contributed by atoms with Gasteiger partial charge in [-0.2, -0.15) is 0 Å². The number of aromatic amines is 1. The molecule has 6 heteroatoms. The van der Waals surface area contributed by atoms with Gasteiger partial charge >= 0.3 is 0 Å². The van der Waals surface area contributed by atoms with Gasteiger partial charge in [-0.25, -0.2) is 4.98 Å². The van der Waals surface area contributed by atoms with E-state index in [9.17, 15) is 4.79 Å². The van der Waals surface area contributed by atoms with Crippen LogP contribution in [0.2, 0.25) is 0 Å². The van der Waals surface area contributed by atoms with Crippen molar-refractivity contribution in [3.8, 4) is 11.5 Å². The first kappa shape index (κ1) is 16.5. The number of aryl methyl sites for hydroxylation is 1. The Hall–Kier alpha value is -2.34. The standard InChI is InChI=1S/C18H23N3O3/c1-4-24-16-6-5-13(9-17(16)23-3)10-21-8-7-15-14(11-21)18(22)20-12(2)19-15/h5-6,9H,4,7-8,10-11H2,1-3H3,(H,19,20,22). The van der Waals surface area contributed by atoms with Gasteiger partial charge in [-0.3, -0.25) is 9.69 Å². The van der Waals surface area contributed by atoms with Gasteiger partial charge < -0.3 is 14.5 Å². The van der Waals surface area contributed by atoms with Crippen molar-refractivity contribution in [2.24, 2.45) is 0 Å². The van der Waals surface area contributed by atoms with E-state index in [1.807, 2.05) is 32.0 Å². The minimum atomic E-state index is -0.0218. The Balaban J connectivity index is 1.76. The number of fused-ring (bicyclic) bond motifs is 1. The van der Waals surface area contributed by atoms with Crippen molar-refractivity contribution in [3.63, 3.8) is 0 Å². The lowest BCUT2D eigenvalue weighted by Crippen LogP contribution is -2.35. The SMILES string of the molecule is CCOc1ccc(CN2CCc3nc(C)[nH]c(=O)c3C2)cc1OC. The maximum atomic E-state index is 12.1. The van der Waals surface area contributed by atoms with Crippen molar-refractivity contribution in [2.45, 2.75) is 33.4 Å². The Labute approximate surface area is 141 Å². The molecule has 1 aliphatic heterocycles. The van der Waals surface area contributed by atoms with Gasteiger partial charge in [-0.15, -0.1) is 0 Å². The highest BCUT2D eigenvalue weighted by Crippen LogP contribution is 2.29. The summed E-state index contributed by atoms with van der Waals surface area (Å²) < 4.78 is 11.0. The first-order valence-electron chi connectivity index (χ1n) is 8.21. The van der Waals surface area contributed by atoms with Crippen LogP contribution in [-0.2, 0) is 19.5 Å². The van der Waals surface area contributed by atoms with Gasteiger partial charge in [0.05, 0.1) is 25.0 Å². The van der Waals surface area contributed by atoms with E-state index >= 15 is 0 Å². The summed E-state index contributed by atoms with van der Waals surface area (Å²) in [5.41, 5.74) is 2.82. The summed E-state index contributed by atoms with van der Waals surface area (Å²) in [7, 11) is 1.65. The van der Waals surface area contributed by atoms with Crippen molar-refractivity contribution in [1.29, 1.82) is 0 Å². The molecule has 0 aliphatic carbocycles. The van der Waals surface area contributed by atoms with Crippen LogP contribution in [0, 0.1) is 6.92 Å². The summed E-state index contributed by atoms with van der Waals surface area (Å²) in [6, 6.07) is 5.98. The van der Waals surface area contributed by atoms with E-state index in [-0.39, 0.29) is 5.56 Å². The number of methoxy groups -OCH3 is 1. The molecular weight excluding hydrogens is 306 g/mol. The lowest BCUT2D eigenvalue weighted by molar-refractivity contribution is 0.240. The summed E-state index contributed by atoms with van der Waals surface area (Å²) >= 11 is 0. The monoisotopic (exact) mass is 329 g/mol. The second kappa shape index (κ2) is 7.05. The second-order valence-electron chi connectivity index (χ2n) is 5.96. The largest absolute Gasteiger partial charge is 0.493 e. The number of aromatic nitrogens is 2.